The summed E-state index contributed by atoms with van der Waals surface area (Å²) in [4.78, 5) is 15.5. The summed E-state index contributed by atoms with van der Waals surface area (Å²) in [6.07, 6.45) is 0.687. The number of aryl methyl sites for hydroxylation is 1. The number of rotatable bonds is 4. The van der Waals surface area contributed by atoms with Crippen LogP contribution in [-0.4, -0.2) is 16.8 Å². The van der Waals surface area contributed by atoms with Gasteiger partial charge in [-0.25, -0.2) is 0 Å². The second-order valence-corrected chi connectivity index (χ2v) is 5.13. The predicted octanol–water partition coefficient (Wildman–Crippen LogP) is 2.84. The Kier molecular flexibility index (Phi) is 3.26. The van der Waals surface area contributed by atoms with Gasteiger partial charge in [0.05, 0.1) is 10.3 Å². The molecule has 1 saturated heterocycles. The molecule has 0 aliphatic carbocycles. The van der Waals surface area contributed by atoms with Gasteiger partial charge in [-0.3, -0.25) is 4.79 Å². The van der Waals surface area contributed by atoms with E-state index in [0.717, 1.165) is 22.9 Å². The van der Waals surface area contributed by atoms with Gasteiger partial charge in [0.15, 0.2) is 5.60 Å². The van der Waals surface area contributed by atoms with Crippen LogP contribution in [0.15, 0.2) is 54.6 Å². The first-order valence-corrected chi connectivity index (χ1v) is 6.72. The Bertz CT molecular complexity index is 718. The second kappa shape index (κ2) is 5.09. The third-order valence-electron chi connectivity index (χ3n) is 3.75. The summed E-state index contributed by atoms with van der Waals surface area (Å²) in [5.41, 5.74) is 8.76. The van der Waals surface area contributed by atoms with E-state index in [1.54, 1.807) is 0 Å². The summed E-state index contributed by atoms with van der Waals surface area (Å²) in [6, 6.07) is 17.3. The number of carbonyl (C=O) groups excluding carboxylic acids is 1. The maximum atomic E-state index is 12.4. The van der Waals surface area contributed by atoms with Crippen molar-refractivity contribution >= 4 is 12.0 Å². The van der Waals surface area contributed by atoms with Gasteiger partial charge in [-0.1, -0.05) is 60.2 Å². The molecule has 1 aliphatic rings. The number of hydrogen-bond acceptors (Lipinski definition) is 3. The van der Waals surface area contributed by atoms with Gasteiger partial charge >= 0.3 is 6.21 Å². The Morgan fingerprint density at radius 1 is 1.19 bits per heavy atom. The minimum atomic E-state index is -1.04. The van der Waals surface area contributed by atoms with Crippen LogP contribution in [0.4, 0.5) is 0 Å². The topological polar surface area (TPSA) is 67.6 Å². The maximum absolute atomic E-state index is 12.4. The zero-order chi connectivity index (χ0) is 14.9. The lowest BCUT2D eigenvalue weighted by atomic mass is 9.88. The highest BCUT2D eigenvalue weighted by atomic mass is 16.6. The van der Waals surface area contributed by atoms with Crippen LogP contribution in [0.5, 0.6) is 0 Å². The van der Waals surface area contributed by atoms with Crippen LogP contribution >= 0.6 is 0 Å². The predicted molar refractivity (Wildman–Crippen MR) is 77.2 cm³/mol. The SMILES string of the molecule is Cc1ccc(C2OC2(C(=O)C=[N+]=N)c2ccccc2)cc1. The minimum absolute atomic E-state index is 0.297. The molecule has 1 N–H and O–H groups in total. The van der Waals surface area contributed by atoms with Gasteiger partial charge < -0.3 is 4.74 Å². The molecule has 0 bridgehead atoms. The quantitative estimate of drug-likeness (QED) is 0.405. The molecule has 2 aromatic carbocycles. The molecule has 104 valence electrons. The highest BCUT2D eigenvalue weighted by Gasteiger charge is 2.65. The van der Waals surface area contributed by atoms with E-state index in [2.05, 4.69) is 4.79 Å². The Labute approximate surface area is 122 Å². The van der Waals surface area contributed by atoms with Crippen molar-refractivity contribution in [1.29, 1.82) is 5.53 Å². The molecule has 3 rings (SSSR count). The molecule has 2 unspecified atom stereocenters. The molecule has 2 atom stereocenters. The summed E-state index contributed by atoms with van der Waals surface area (Å²) >= 11 is 0. The second-order valence-electron chi connectivity index (χ2n) is 5.13. The van der Waals surface area contributed by atoms with E-state index in [1.807, 2.05) is 61.5 Å². The summed E-state index contributed by atoms with van der Waals surface area (Å²) in [5, 5.41) is 0. The van der Waals surface area contributed by atoms with E-state index in [-0.39, 0.29) is 11.9 Å². The third kappa shape index (κ3) is 2.21. The van der Waals surface area contributed by atoms with Crippen molar-refractivity contribution in [2.45, 2.75) is 18.6 Å². The number of Topliss-reactive ketones (excluding diaryl/α,β-unsaturated/α-hetero) is 1. The Morgan fingerprint density at radius 3 is 2.48 bits per heavy atom. The molecule has 4 heteroatoms. The molecule has 0 amide bonds. The molecule has 0 aromatic heterocycles. The highest BCUT2D eigenvalue weighted by Crippen LogP contribution is 2.57. The van der Waals surface area contributed by atoms with Crippen LogP contribution in [0, 0.1) is 12.5 Å². The molecule has 1 aliphatic heterocycles. The van der Waals surface area contributed by atoms with Gasteiger partial charge in [0, 0.05) is 0 Å². The van der Waals surface area contributed by atoms with Gasteiger partial charge in [-0.2, -0.15) is 0 Å². The van der Waals surface area contributed by atoms with Gasteiger partial charge in [-0.05, 0) is 18.1 Å². The van der Waals surface area contributed by atoms with Crippen LogP contribution in [0.3, 0.4) is 0 Å². The lowest BCUT2D eigenvalue weighted by Crippen LogP contribution is -2.24. The molecular weight excluding hydrogens is 264 g/mol. The van der Waals surface area contributed by atoms with Crippen molar-refractivity contribution in [3.8, 4) is 0 Å². The van der Waals surface area contributed by atoms with E-state index in [0.29, 0.717) is 0 Å². The zero-order valence-electron chi connectivity index (χ0n) is 11.6. The summed E-state index contributed by atoms with van der Waals surface area (Å²) < 4.78 is 5.81. The Morgan fingerprint density at radius 2 is 1.86 bits per heavy atom. The van der Waals surface area contributed by atoms with Crippen molar-refractivity contribution in [3.05, 3.63) is 71.3 Å². The van der Waals surface area contributed by atoms with E-state index in [1.165, 1.54) is 0 Å². The number of nitrogens with zero attached hydrogens (tertiary/aromatic N) is 1. The van der Waals surface area contributed by atoms with Crippen LogP contribution in [0.25, 0.3) is 0 Å². The van der Waals surface area contributed by atoms with E-state index in [9.17, 15) is 4.79 Å². The number of nitrogens with one attached hydrogen (secondary N) is 1. The standard InChI is InChI=1S/C17H15N2O2/c1-12-7-9-13(10-8-12)16-17(21-16,15(20)11-19-18)14-5-3-2-4-6-14/h2-11,16,18H,1H3/q+1. The molecule has 1 heterocycles. The van der Waals surface area contributed by atoms with Gasteiger partial charge in [-0.15, -0.1) is 0 Å². The monoisotopic (exact) mass is 279 g/mol. The van der Waals surface area contributed by atoms with E-state index in [4.69, 9.17) is 10.3 Å². The highest BCUT2D eigenvalue weighted by molar-refractivity contribution is 6.30. The lowest BCUT2D eigenvalue weighted by Gasteiger charge is -2.07. The van der Waals surface area contributed by atoms with Crippen molar-refractivity contribution in [2.24, 2.45) is 0 Å². The largest absolute Gasteiger partial charge is 0.376 e. The average molecular weight is 279 g/mol. The number of carbonyl (C=O) groups is 1. The zero-order valence-corrected chi connectivity index (χ0v) is 11.6. The molecular formula is C17H15N2O2+. The summed E-state index contributed by atoms with van der Waals surface area (Å²) in [5.74, 6) is -0.297. The van der Waals surface area contributed by atoms with Crippen molar-refractivity contribution in [2.75, 3.05) is 0 Å². The minimum Gasteiger partial charge on any atom is -0.347 e. The van der Waals surface area contributed by atoms with Gasteiger partial charge in [0.2, 0.25) is 0 Å². The van der Waals surface area contributed by atoms with Crippen LogP contribution in [-0.2, 0) is 15.1 Å². The van der Waals surface area contributed by atoms with Crippen LogP contribution < -0.4 is 0 Å². The molecule has 0 radical (unpaired) electrons. The van der Waals surface area contributed by atoms with Gasteiger partial charge in [0.1, 0.15) is 6.10 Å². The van der Waals surface area contributed by atoms with Crippen LogP contribution in [0.2, 0.25) is 0 Å². The molecule has 21 heavy (non-hydrogen) atoms. The first-order chi connectivity index (χ1) is 10.2. The summed E-state index contributed by atoms with van der Waals surface area (Å²) in [6.45, 7) is 2.01. The molecule has 1 fully saturated rings. The summed E-state index contributed by atoms with van der Waals surface area (Å²) in [7, 11) is 0. The normalized spacial score (nSPS) is 23.2. The average Bonchev–Trinajstić information content (AvgIpc) is 3.26. The third-order valence-corrected chi connectivity index (χ3v) is 3.75. The van der Waals surface area contributed by atoms with Crippen molar-refractivity contribution in [3.63, 3.8) is 0 Å². The molecule has 0 saturated carbocycles. The van der Waals surface area contributed by atoms with Gasteiger partial charge in [0.25, 0.3) is 5.78 Å². The molecule has 2 aromatic rings. The first-order valence-electron chi connectivity index (χ1n) is 6.72. The fraction of sp³-hybridized carbons (Fsp3) is 0.176. The number of benzene rings is 2. The van der Waals surface area contributed by atoms with E-state index < -0.39 is 5.60 Å². The smallest absolute Gasteiger partial charge is 0.347 e. The van der Waals surface area contributed by atoms with Crippen molar-refractivity contribution in [1.82, 2.24) is 0 Å². The molecule has 4 nitrogen and oxygen atoms in total. The number of ether oxygens (including phenoxy) is 1. The first kappa shape index (κ1) is 13.4. The number of hydrogen-bond donors (Lipinski definition) is 1. The Hall–Kier alpha value is -2.55. The maximum Gasteiger partial charge on any atom is 0.376 e. The van der Waals surface area contributed by atoms with Crippen molar-refractivity contribution < 1.29 is 14.3 Å². The molecule has 0 spiro atoms. The lowest BCUT2D eigenvalue weighted by molar-refractivity contribution is -0.134. The fourth-order valence-electron chi connectivity index (χ4n) is 2.59. The Balaban J connectivity index is 2.03. The number of ketones is 1. The van der Waals surface area contributed by atoms with E-state index >= 15 is 0 Å². The number of epoxide rings is 1. The fourth-order valence-corrected chi connectivity index (χ4v) is 2.59. The van der Waals surface area contributed by atoms with Crippen LogP contribution in [0.1, 0.15) is 22.8 Å².